The summed E-state index contributed by atoms with van der Waals surface area (Å²) in [5.41, 5.74) is 0.899. The second-order valence-corrected chi connectivity index (χ2v) is 5.69. The normalized spacial score (nSPS) is 10.2. The molecule has 1 heterocycles. The number of aryl methyl sites for hydroxylation is 1. The topological polar surface area (TPSA) is 80.2 Å². The Morgan fingerprint density at radius 3 is 2.75 bits per heavy atom. The van der Waals surface area contributed by atoms with Gasteiger partial charge in [-0.1, -0.05) is 17.7 Å². The molecule has 0 saturated carbocycles. The van der Waals surface area contributed by atoms with Crippen molar-refractivity contribution in [2.45, 2.75) is 19.9 Å². The Morgan fingerprint density at radius 2 is 2.00 bits per heavy atom. The Labute approximate surface area is 144 Å². The fourth-order valence-corrected chi connectivity index (χ4v) is 2.35. The number of hydrogen-bond acceptors (Lipinski definition) is 3. The second-order valence-electron chi connectivity index (χ2n) is 5.25. The van der Waals surface area contributed by atoms with Crippen LogP contribution in [0.25, 0.3) is 0 Å². The first-order valence-corrected chi connectivity index (χ1v) is 7.85. The Morgan fingerprint density at radius 1 is 1.21 bits per heavy atom. The minimum Gasteiger partial charge on any atom is -0.352 e. The molecule has 0 radical (unpaired) electrons. The number of nitrogens with zero attached hydrogens (tertiary/aromatic N) is 1. The standard InChI is InChI=1S/C17H18ClN3O3/c1-12(22)20-15-5-2-4-13(10-15)17(24)19-8-3-9-21-11-14(18)6-7-16(21)23/h2,4-7,10-11H,3,8-9H2,1H3,(H,19,24)(H,20,22). The maximum absolute atomic E-state index is 12.1. The third-order valence-corrected chi connectivity index (χ3v) is 3.48. The summed E-state index contributed by atoms with van der Waals surface area (Å²) < 4.78 is 1.51. The number of carbonyl (C=O) groups excluding carboxylic acids is 2. The van der Waals surface area contributed by atoms with Crippen molar-refractivity contribution in [1.82, 2.24) is 9.88 Å². The van der Waals surface area contributed by atoms with E-state index in [1.54, 1.807) is 36.5 Å². The van der Waals surface area contributed by atoms with Crippen molar-refractivity contribution in [2.24, 2.45) is 0 Å². The summed E-state index contributed by atoms with van der Waals surface area (Å²) in [6, 6.07) is 9.65. The van der Waals surface area contributed by atoms with Crippen molar-refractivity contribution in [1.29, 1.82) is 0 Å². The maximum atomic E-state index is 12.1. The monoisotopic (exact) mass is 347 g/mol. The summed E-state index contributed by atoms with van der Waals surface area (Å²) in [5.74, 6) is -0.430. The minimum atomic E-state index is -0.236. The first-order valence-electron chi connectivity index (χ1n) is 7.47. The molecule has 0 aliphatic heterocycles. The molecule has 2 amide bonds. The minimum absolute atomic E-state index is 0.131. The fourth-order valence-electron chi connectivity index (χ4n) is 2.17. The van der Waals surface area contributed by atoms with E-state index in [-0.39, 0.29) is 17.4 Å². The molecule has 1 aromatic heterocycles. The number of benzene rings is 1. The molecule has 2 rings (SSSR count). The van der Waals surface area contributed by atoms with Crippen LogP contribution in [0.1, 0.15) is 23.7 Å². The second kappa shape index (κ2) is 8.31. The van der Waals surface area contributed by atoms with Gasteiger partial charge in [0.1, 0.15) is 0 Å². The van der Waals surface area contributed by atoms with Gasteiger partial charge in [0.15, 0.2) is 0 Å². The molecule has 0 bridgehead atoms. The largest absolute Gasteiger partial charge is 0.352 e. The van der Waals surface area contributed by atoms with E-state index in [4.69, 9.17) is 11.6 Å². The van der Waals surface area contributed by atoms with Crippen molar-refractivity contribution >= 4 is 29.1 Å². The van der Waals surface area contributed by atoms with Crippen molar-refractivity contribution in [2.75, 3.05) is 11.9 Å². The highest BCUT2D eigenvalue weighted by Crippen LogP contribution is 2.10. The van der Waals surface area contributed by atoms with Crippen molar-refractivity contribution in [3.63, 3.8) is 0 Å². The molecule has 126 valence electrons. The van der Waals surface area contributed by atoms with Crippen molar-refractivity contribution in [3.05, 3.63) is 63.5 Å². The molecule has 0 atom stereocenters. The SMILES string of the molecule is CC(=O)Nc1cccc(C(=O)NCCCn2cc(Cl)ccc2=O)c1. The van der Waals surface area contributed by atoms with Crippen LogP contribution in [0, 0.1) is 0 Å². The number of nitrogens with one attached hydrogen (secondary N) is 2. The Hall–Kier alpha value is -2.60. The fraction of sp³-hybridized carbons (Fsp3) is 0.235. The van der Waals surface area contributed by atoms with Gasteiger partial charge in [-0.15, -0.1) is 0 Å². The van der Waals surface area contributed by atoms with E-state index in [9.17, 15) is 14.4 Å². The van der Waals surface area contributed by atoms with Crippen LogP contribution < -0.4 is 16.2 Å². The van der Waals surface area contributed by atoms with Gasteiger partial charge < -0.3 is 15.2 Å². The molecule has 7 heteroatoms. The molecule has 2 aromatic rings. The van der Waals surface area contributed by atoms with E-state index < -0.39 is 0 Å². The number of pyridine rings is 1. The molecule has 2 N–H and O–H groups in total. The highest BCUT2D eigenvalue weighted by molar-refractivity contribution is 6.30. The van der Waals surface area contributed by atoms with Gasteiger partial charge in [0.05, 0.1) is 5.02 Å². The predicted molar refractivity (Wildman–Crippen MR) is 93.4 cm³/mol. The highest BCUT2D eigenvalue weighted by atomic mass is 35.5. The summed E-state index contributed by atoms with van der Waals surface area (Å²) >= 11 is 5.85. The molecule has 6 nitrogen and oxygen atoms in total. The number of carbonyl (C=O) groups is 2. The lowest BCUT2D eigenvalue weighted by Crippen LogP contribution is -2.27. The van der Waals surface area contributed by atoms with Crippen LogP contribution >= 0.6 is 11.6 Å². The van der Waals surface area contributed by atoms with Gasteiger partial charge >= 0.3 is 0 Å². The van der Waals surface area contributed by atoms with E-state index in [2.05, 4.69) is 10.6 Å². The summed E-state index contributed by atoms with van der Waals surface area (Å²) in [7, 11) is 0. The number of rotatable bonds is 6. The predicted octanol–water partition coefficient (Wildman–Crippen LogP) is 2.28. The van der Waals surface area contributed by atoms with E-state index >= 15 is 0 Å². The van der Waals surface area contributed by atoms with Gasteiger partial charge in [-0.2, -0.15) is 0 Å². The van der Waals surface area contributed by atoms with Crippen molar-refractivity contribution in [3.8, 4) is 0 Å². The van der Waals surface area contributed by atoms with Crippen LogP contribution in [0.5, 0.6) is 0 Å². The lowest BCUT2D eigenvalue weighted by Gasteiger charge is -2.09. The molecule has 24 heavy (non-hydrogen) atoms. The van der Waals surface area contributed by atoms with Crippen LogP contribution in [-0.4, -0.2) is 22.9 Å². The van der Waals surface area contributed by atoms with Crippen LogP contribution in [0.3, 0.4) is 0 Å². The zero-order valence-corrected chi connectivity index (χ0v) is 14.0. The van der Waals surface area contributed by atoms with Crippen molar-refractivity contribution < 1.29 is 9.59 Å². The Bertz CT molecular complexity index is 802. The number of anilines is 1. The molecular formula is C17H18ClN3O3. The number of amides is 2. The van der Waals surface area contributed by atoms with E-state index in [1.807, 2.05) is 0 Å². The third-order valence-electron chi connectivity index (χ3n) is 3.25. The van der Waals surface area contributed by atoms with Crippen LogP contribution in [-0.2, 0) is 11.3 Å². The van der Waals surface area contributed by atoms with Gasteiger partial charge in [0.2, 0.25) is 5.91 Å². The number of halogens is 1. The van der Waals surface area contributed by atoms with Gasteiger partial charge in [-0.05, 0) is 30.7 Å². The molecule has 0 spiro atoms. The Balaban J connectivity index is 1.86. The van der Waals surface area contributed by atoms with E-state index in [1.165, 1.54) is 17.6 Å². The average molecular weight is 348 g/mol. The third kappa shape index (κ3) is 5.24. The molecule has 0 saturated heterocycles. The quantitative estimate of drug-likeness (QED) is 0.787. The lowest BCUT2D eigenvalue weighted by atomic mass is 10.2. The zero-order chi connectivity index (χ0) is 17.5. The summed E-state index contributed by atoms with van der Waals surface area (Å²) in [4.78, 5) is 34.8. The molecule has 0 fully saturated rings. The van der Waals surface area contributed by atoms with Gasteiger partial charge in [0.25, 0.3) is 11.5 Å². The summed E-state index contributed by atoms with van der Waals surface area (Å²) in [5, 5.41) is 5.91. The highest BCUT2D eigenvalue weighted by Gasteiger charge is 2.06. The molecule has 0 aliphatic rings. The first kappa shape index (κ1) is 17.7. The average Bonchev–Trinajstić information content (AvgIpc) is 2.54. The summed E-state index contributed by atoms with van der Waals surface area (Å²) in [6.45, 7) is 2.29. The van der Waals surface area contributed by atoms with Crippen LogP contribution in [0.4, 0.5) is 5.69 Å². The Kier molecular flexibility index (Phi) is 6.14. The lowest BCUT2D eigenvalue weighted by molar-refractivity contribution is -0.114. The molecule has 1 aromatic carbocycles. The zero-order valence-electron chi connectivity index (χ0n) is 13.2. The van der Waals surface area contributed by atoms with E-state index in [0.29, 0.717) is 35.8 Å². The molecule has 0 unspecified atom stereocenters. The summed E-state index contributed by atoms with van der Waals surface area (Å²) in [6.07, 6.45) is 2.17. The van der Waals surface area contributed by atoms with Gasteiger partial charge in [-0.25, -0.2) is 0 Å². The number of hydrogen-bond donors (Lipinski definition) is 2. The van der Waals surface area contributed by atoms with Crippen LogP contribution in [0.15, 0.2) is 47.4 Å². The van der Waals surface area contributed by atoms with E-state index in [0.717, 1.165) is 0 Å². The smallest absolute Gasteiger partial charge is 0.251 e. The van der Waals surface area contributed by atoms with Crippen LogP contribution in [0.2, 0.25) is 5.02 Å². The van der Waals surface area contributed by atoms with Gasteiger partial charge in [-0.3, -0.25) is 14.4 Å². The number of aromatic nitrogens is 1. The molecule has 0 aliphatic carbocycles. The maximum Gasteiger partial charge on any atom is 0.251 e. The van der Waals surface area contributed by atoms with Gasteiger partial charge in [0, 0.05) is 43.5 Å². The first-order chi connectivity index (χ1) is 11.5. The molecular weight excluding hydrogens is 330 g/mol.